The minimum atomic E-state index is -0.115. The highest BCUT2D eigenvalue weighted by molar-refractivity contribution is 5.89. The highest BCUT2D eigenvalue weighted by atomic mass is 16.2. The van der Waals surface area contributed by atoms with Crippen molar-refractivity contribution in [2.75, 3.05) is 6.54 Å². The Labute approximate surface area is 112 Å². The van der Waals surface area contributed by atoms with Gasteiger partial charge in [-0.05, 0) is 37.8 Å². The van der Waals surface area contributed by atoms with Gasteiger partial charge in [0, 0.05) is 29.6 Å². The normalized spacial score (nSPS) is 25.8. The number of H-pyrrole nitrogens is 1. The van der Waals surface area contributed by atoms with Gasteiger partial charge in [0.15, 0.2) is 0 Å². The third-order valence-electron chi connectivity index (χ3n) is 5.00. The molecule has 1 saturated heterocycles. The number of nitrogens with zero attached hydrogens (tertiary/aromatic N) is 1. The molecule has 1 fully saturated rings. The van der Waals surface area contributed by atoms with Crippen molar-refractivity contribution in [3.05, 3.63) is 35.0 Å². The van der Waals surface area contributed by atoms with Crippen LogP contribution in [-0.2, 0) is 16.8 Å². The van der Waals surface area contributed by atoms with Crippen molar-refractivity contribution >= 4 is 16.8 Å². The van der Waals surface area contributed by atoms with Gasteiger partial charge in [-0.1, -0.05) is 18.2 Å². The molecule has 0 spiro atoms. The maximum atomic E-state index is 12.0. The van der Waals surface area contributed by atoms with Crippen LogP contribution < -0.4 is 0 Å². The summed E-state index contributed by atoms with van der Waals surface area (Å²) in [5, 5.41) is 1.34. The van der Waals surface area contributed by atoms with E-state index in [0.717, 1.165) is 19.4 Å². The molecule has 0 aliphatic carbocycles. The quantitative estimate of drug-likeness (QED) is 0.771. The van der Waals surface area contributed by atoms with Gasteiger partial charge in [0.2, 0.25) is 5.91 Å². The van der Waals surface area contributed by atoms with E-state index in [4.69, 9.17) is 0 Å². The predicted octanol–water partition coefficient (Wildman–Crippen LogP) is 2.87. The molecule has 1 N–H and O–H groups in total. The Morgan fingerprint density at radius 3 is 3.00 bits per heavy atom. The van der Waals surface area contributed by atoms with Crippen molar-refractivity contribution in [1.29, 1.82) is 0 Å². The van der Waals surface area contributed by atoms with Crippen molar-refractivity contribution in [2.45, 2.75) is 38.6 Å². The number of carbonyl (C=O) groups excluding carboxylic acids is 1. The number of benzene rings is 1. The summed E-state index contributed by atoms with van der Waals surface area (Å²) < 4.78 is 0. The van der Waals surface area contributed by atoms with Crippen LogP contribution in [0.25, 0.3) is 10.9 Å². The molecule has 2 aliphatic rings. The monoisotopic (exact) mass is 254 g/mol. The maximum Gasteiger partial charge on any atom is 0.223 e. The summed E-state index contributed by atoms with van der Waals surface area (Å²) in [6.45, 7) is 5.22. The van der Waals surface area contributed by atoms with Gasteiger partial charge in [-0.2, -0.15) is 0 Å². The molecule has 1 aromatic heterocycles. The van der Waals surface area contributed by atoms with Crippen LogP contribution in [0.5, 0.6) is 0 Å². The molecular formula is C16H18N2O. The highest BCUT2D eigenvalue weighted by Crippen LogP contribution is 2.45. The molecule has 1 aromatic carbocycles. The Kier molecular flexibility index (Phi) is 1.99. The van der Waals surface area contributed by atoms with Gasteiger partial charge in [-0.25, -0.2) is 0 Å². The number of hydrogen-bond donors (Lipinski definition) is 1. The first-order valence-electron chi connectivity index (χ1n) is 7.02. The van der Waals surface area contributed by atoms with Crippen molar-refractivity contribution < 1.29 is 4.79 Å². The second-order valence-corrected chi connectivity index (χ2v) is 6.05. The summed E-state index contributed by atoms with van der Waals surface area (Å²) in [6, 6.07) is 6.47. The van der Waals surface area contributed by atoms with Crippen LogP contribution >= 0.6 is 0 Å². The zero-order valence-electron chi connectivity index (χ0n) is 11.4. The van der Waals surface area contributed by atoms with E-state index >= 15 is 0 Å². The van der Waals surface area contributed by atoms with E-state index in [1.807, 2.05) is 0 Å². The van der Waals surface area contributed by atoms with E-state index in [-0.39, 0.29) is 5.54 Å². The van der Waals surface area contributed by atoms with Gasteiger partial charge >= 0.3 is 0 Å². The number of fused-ring (bicyclic) bond motifs is 5. The molecule has 0 unspecified atom stereocenters. The van der Waals surface area contributed by atoms with Gasteiger partial charge in [0.1, 0.15) is 0 Å². The third-order valence-corrected chi connectivity index (χ3v) is 5.00. The second kappa shape index (κ2) is 3.41. The van der Waals surface area contributed by atoms with Crippen LogP contribution in [0, 0.1) is 6.92 Å². The fourth-order valence-electron chi connectivity index (χ4n) is 3.89. The van der Waals surface area contributed by atoms with Gasteiger partial charge in [-0.15, -0.1) is 0 Å². The van der Waals surface area contributed by atoms with Crippen molar-refractivity contribution in [2.24, 2.45) is 0 Å². The minimum absolute atomic E-state index is 0.115. The molecule has 98 valence electrons. The zero-order valence-corrected chi connectivity index (χ0v) is 11.4. The number of aryl methyl sites for hydroxylation is 1. The summed E-state index contributed by atoms with van der Waals surface area (Å²) >= 11 is 0. The van der Waals surface area contributed by atoms with E-state index in [0.29, 0.717) is 12.3 Å². The molecule has 0 bridgehead atoms. The van der Waals surface area contributed by atoms with Crippen LogP contribution in [0.15, 0.2) is 18.2 Å². The molecule has 2 aliphatic heterocycles. The lowest BCUT2D eigenvalue weighted by atomic mass is 9.86. The summed E-state index contributed by atoms with van der Waals surface area (Å²) in [6.07, 6.45) is 2.59. The van der Waals surface area contributed by atoms with Crippen LogP contribution in [-0.4, -0.2) is 22.3 Å². The second-order valence-electron chi connectivity index (χ2n) is 6.05. The fourth-order valence-corrected chi connectivity index (χ4v) is 3.89. The molecule has 1 atom stereocenters. The maximum absolute atomic E-state index is 12.0. The summed E-state index contributed by atoms with van der Waals surface area (Å²) in [5.74, 6) is 0.309. The fraction of sp³-hybridized carbons (Fsp3) is 0.438. The molecule has 3 nitrogen and oxygen atoms in total. The van der Waals surface area contributed by atoms with Gasteiger partial charge in [-0.3, -0.25) is 4.79 Å². The Morgan fingerprint density at radius 2 is 2.16 bits per heavy atom. The summed E-state index contributed by atoms with van der Waals surface area (Å²) in [4.78, 5) is 17.7. The lowest BCUT2D eigenvalue weighted by molar-refractivity contribution is -0.131. The molecule has 4 rings (SSSR count). The summed E-state index contributed by atoms with van der Waals surface area (Å²) in [7, 11) is 0. The highest BCUT2D eigenvalue weighted by Gasteiger charge is 2.47. The van der Waals surface area contributed by atoms with Gasteiger partial charge in [0.25, 0.3) is 0 Å². The Morgan fingerprint density at radius 1 is 1.32 bits per heavy atom. The number of nitrogens with one attached hydrogen (secondary N) is 1. The molecule has 0 saturated carbocycles. The minimum Gasteiger partial charge on any atom is -0.356 e. The first-order chi connectivity index (χ1) is 9.11. The topological polar surface area (TPSA) is 36.1 Å². The van der Waals surface area contributed by atoms with Crippen molar-refractivity contribution in [3.8, 4) is 0 Å². The average Bonchev–Trinajstić information content (AvgIpc) is 2.91. The number of aromatic nitrogens is 1. The van der Waals surface area contributed by atoms with Crippen LogP contribution in [0.3, 0.4) is 0 Å². The van der Waals surface area contributed by atoms with Crippen LogP contribution in [0.4, 0.5) is 0 Å². The Balaban J connectivity index is 2.02. The number of carbonyl (C=O) groups is 1. The van der Waals surface area contributed by atoms with E-state index in [1.165, 1.54) is 27.7 Å². The predicted molar refractivity (Wildman–Crippen MR) is 75.0 cm³/mol. The molecular weight excluding hydrogens is 236 g/mol. The largest absolute Gasteiger partial charge is 0.356 e. The number of hydrogen-bond acceptors (Lipinski definition) is 1. The standard InChI is InChI=1S/C16H18N2O/c1-10-4-3-5-11-12-7-9-18-13(19)6-8-16(18,2)15(12)17-14(10)11/h3-5,17H,6-9H2,1-2H3/t16-/m0/s1. The zero-order chi connectivity index (χ0) is 13.2. The number of para-hydroxylation sites is 1. The molecule has 1 amide bonds. The average molecular weight is 254 g/mol. The lowest BCUT2D eigenvalue weighted by Crippen LogP contribution is -2.46. The molecule has 0 radical (unpaired) electrons. The molecule has 3 heterocycles. The SMILES string of the molecule is Cc1cccc2c3c([nH]c12)[C@]1(C)CCC(=O)N1CC3. The smallest absolute Gasteiger partial charge is 0.223 e. The lowest BCUT2D eigenvalue weighted by Gasteiger charge is -2.39. The number of amides is 1. The molecule has 2 aromatic rings. The van der Waals surface area contributed by atoms with Crippen LogP contribution in [0.2, 0.25) is 0 Å². The van der Waals surface area contributed by atoms with Crippen molar-refractivity contribution in [1.82, 2.24) is 9.88 Å². The third kappa shape index (κ3) is 1.25. The Hall–Kier alpha value is -1.77. The van der Waals surface area contributed by atoms with E-state index in [2.05, 4.69) is 41.9 Å². The van der Waals surface area contributed by atoms with E-state index < -0.39 is 0 Å². The summed E-state index contributed by atoms with van der Waals surface area (Å²) in [5.41, 5.74) is 5.11. The molecule has 19 heavy (non-hydrogen) atoms. The van der Waals surface area contributed by atoms with Crippen LogP contribution in [0.1, 0.15) is 36.6 Å². The van der Waals surface area contributed by atoms with E-state index in [9.17, 15) is 4.79 Å². The number of rotatable bonds is 0. The van der Waals surface area contributed by atoms with E-state index in [1.54, 1.807) is 0 Å². The van der Waals surface area contributed by atoms with Crippen molar-refractivity contribution in [3.63, 3.8) is 0 Å². The number of aromatic amines is 1. The molecule has 3 heteroatoms. The Bertz CT molecular complexity index is 700. The van der Waals surface area contributed by atoms with Gasteiger partial charge in [0.05, 0.1) is 5.54 Å². The first kappa shape index (κ1) is 11.1. The van der Waals surface area contributed by atoms with Gasteiger partial charge < -0.3 is 9.88 Å². The first-order valence-corrected chi connectivity index (χ1v) is 7.02.